The fourth-order valence-corrected chi connectivity index (χ4v) is 4.34. The zero-order valence-electron chi connectivity index (χ0n) is 18.9. The molecule has 1 aliphatic rings. The van der Waals surface area contributed by atoms with Crippen molar-refractivity contribution in [2.45, 2.75) is 37.5 Å². The van der Waals surface area contributed by atoms with Gasteiger partial charge in [0.2, 0.25) is 0 Å². The van der Waals surface area contributed by atoms with Crippen LogP contribution in [0.3, 0.4) is 0 Å². The van der Waals surface area contributed by atoms with Gasteiger partial charge in [0, 0.05) is 25.5 Å². The Morgan fingerprint density at radius 3 is 2.61 bits per heavy atom. The van der Waals surface area contributed by atoms with E-state index < -0.39 is 24.0 Å². The Morgan fingerprint density at radius 1 is 1.24 bits per heavy atom. The number of methoxy groups -OCH3 is 2. The first kappa shape index (κ1) is 22.8. The Labute approximate surface area is 191 Å². The number of aliphatic hydroxyl groups is 1. The average molecular weight is 457 g/mol. The lowest BCUT2D eigenvalue weighted by Gasteiger charge is -2.49. The van der Waals surface area contributed by atoms with Crippen LogP contribution in [0.25, 0.3) is 0 Å². The van der Waals surface area contributed by atoms with Crippen molar-refractivity contribution in [2.24, 2.45) is 7.05 Å². The van der Waals surface area contributed by atoms with Crippen LogP contribution >= 0.6 is 0 Å². The zero-order valence-corrected chi connectivity index (χ0v) is 18.9. The summed E-state index contributed by atoms with van der Waals surface area (Å²) in [6.07, 6.45) is -2.06. The normalized spacial score (nSPS) is 22.1. The molecule has 0 spiro atoms. The summed E-state index contributed by atoms with van der Waals surface area (Å²) in [5.74, 6) is 0.942. The molecular weight excluding hydrogens is 428 g/mol. The number of aryl methyl sites for hydroxylation is 1. The number of hydrogen-bond donors (Lipinski definition) is 3. The van der Waals surface area contributed by atoms with Crippen LogP contribution in [0.2, 0.25) is 0 Å². The van der Waals surface area contributed by atoms with Crippen molar-refractivity contribution in [3.63, 3.8) is 0 Å². The molecule has 1 unspecified atom stereocenters. The minimum Gasteiger partial charge on any atom is -0.506 e. The molecule has 0 saturated heterocycles. The van der Waals surface area contributed by atoms with Crippen LogP contribution in [0.1, 0.15) is 24.4 Å². The number of aromatic nitrogens is 4. The summed E-state index contributed by atoms with van der Waals surface area (Å²) in [7, 11) is 4.62. The molecule has 1 aliphatic heterocycles. The third kappa shape index (κ3) is 4.06. The van der Waals surface area contributed by atoms with Gasteiger partial charge in [0.25, 0.3) is 0 Å². The minimum atomic E-state index is -1.30. The second-order valence-corrected chi connectivity index (χ2v) is 8.09. The fourth-order valence-electron chi connectivity index (χ4n) is 4.34. The number of nitrogens with two attached hydrogens (primary N) is 1. The van der Waals surface area contributed by atoms with Crippen LogP contribution in [0, 0.1) is 0 Å². The molecule has 4 rings (SSSR count). The first-order valence-electron chi connectivity index (χ1n) is 10.4. The Bertz CT molecular complexity index is 1120. The molecule has 3 atom stereocenters. The summed E-state index contributed by atoms with van der Waals surface area (Å²) in [4.78, 5) is 3.15. The van der Waals surface area contributed by atoms with Crippen molar-refractivity contribution in [1.29, 1.82) is 0 Å². The number of benzene rings is 2. The number of aromatic hydroxyl groups is 1. The summed E-state index contributed by atoms with van der Waals surface area (Å²) in [6.45, 7) is 1.85. The van der Waals surface area contributed by atoms with E-state index in [1.165, 1.54) is 19.0 Å². The number of rotatable bonds is 7. The van der Waals surface area contributed by atoms with Gasteiger partial charge in [-0.05, 0) is 42.5 Å². The molecule has 11 nitrogen and oxygen atoms in total. The number of nitrogen functional groups attached to an aromatic ring is 1. The standard InChI is InChI=1S/C22H28N6O5/c1-22(21(31-3)32-4)20(30)19(14-11-13(23)9-10-17(14)33-22)28(12-18-24-26-27(2)25-18)15-7-5-6-8-16(15)29/h5-11,19-21,29-30H,12,23H2,1-4H3/t19-,20+,22?/m0/s1. The van der Waals surface area contributed by atoms with E-state index in [0.717, 1.165) is 0 Å². The molecule has 0 fully saturated rings. The number of hydrogen-bond acceptors (Lipinski definition) is 10. The van der Waals surface area contributed by atoms with Crippen molar-refractivity contribution in [2.75, 3.05) is 24.9 Å². The predicted molar refractivity (Wildman–Crippen MR) is 120 cm³/mol. The highest BCUT2D eigenvalue weighted by atomic mass is 16.7. The molecular formula is C22H28N6O5. The van der Waals surface area contributed by atoms with E-state index in [9.17, 15) is 10.2 Å². The first-order chi connectivity index (χ1) is 15.8. The van der Waals surface area contributed by atoms with Crippen molar-refractivity contribution in [3.05, 3.63) is 53.9 Å². The predicted octanol–water partition coefficient (Wildman–Crippen LogP) is 1.38. The van der Waals surface area contributed by atoms with Crippen molar-refractivity contribution in [3.8, 4) is 11.5 Å². The van der Waals surface area contributed by atoms with Crippen LogP contribution in [0.4, 0.5) is 11.4 Å². The third-order valence-corrected chi connectivity index (χ3v) is 5.85. The van der Waals surface area contributed by atoms with Gasteiger partial charge in [0.05, 0.1) is 25.3 Å². The molecule has 176 valence electrons. The number of phenols is 1. The number of para-hydroxylation sites is 2. The maximum atomic E-state index is 11.8. The van der Waals surface area contributed by atoms with Gasteiger partial charge in [0.1, 0.15) is 17.6 Å². The van der Waals surface area contributed by atoms with Gasteiger partial charge < -0.3 is 35.1 Å². The van der Waals surface area contributed by atoms with Gasteiger partial charge in [-0.1, -0.05) is 12.1 Å². The van der Waals surface area contributed by atoms with E-state index in [0.29, 0.717) is 28.5 Å². The van der Waals surface area contributed by atoms with Gasteiger partial charge in [-0.25, -0.2) is 0 Å². The largest absolute Gasteiger partial charge is 0.506 e. The molecule has 1 aromatic heterocycles. The maximum absolute atomic E-state index is 11.8. The molecule has 2 aromatic carbocycles. The molecule has 0 aliphatic carbocycles. The van der Waals surface area contributed by atoms with Gasteiger partial charge in [-0.2, -0.15) is 4.80 Å². The number of phenolic OH excluding ortho intramolecular Hbond substituents is 1. The van der Waals surface area contributed by atoms with Crippen LogP contribution in [0.15, 0.2) is 42.5 Å². The number of aliphatic hydroxyl groups excluding tert-OH is 1. The summed E-state index contributed by atoms with van der Waals surface area (Å²) in [5, 5.41) is 34.8. The van der Waals surface area contributed by atoms with E-state index in [1.54, 1.807) is 61.3 Å². The van der Waals surface area contributed by atoms with E-state index in [1.807, 2.05) is 0 Å². The topological polar surface area (TPSA) is 141 Å². The number of anilines is 2. The Hall–Kier alpha value is -3.41. The molecule has 2 heterocycles. The molecule has 11 heteroatoms. The van der Waals surface area contributed by atoms with Gasteiger partial charge in [0.15, 0.2) is 17.7 Å². The molecule has 33 heavy (non-hydrogen) atoms. The second kappa shape index (κ2) is 8.85. The summed E-state index contributed by atoms with van der Waals surface area (Å²) in [5.41, 5.74) is 6.42. The summed E-state index contributed by atoms with van der Waals surface area (Å²) < 4.78 is 17.2. The summed E-state index contributed by atoms with van der Waals surface area (Å²) in [6, 6.07) is 11.3. The van der Waals surface area contributed by atoms with Crippen molar-refractivity contribution in [1.82, 2.24) is 20.2 Å². The second-order valence-electron chi connectivity index (χ2n) is 8.09. The highest BCUT2D eigenvalue weighted by Crippen LogP contribution is 2.48. The van der Waals surface area contributed by atoms with Gasteiger partial charge >= 0.3 is 0 Å². The van der Waals surface area contributed by atoms with Crippen LogP contribution in [-0.4, -0.2) is 62.6 Å². The monoisotopic (exact) mass is 456 g/mol. The van der Waals surface area contributed by atoms with E-state index in [4.69, 9.17) is 19.9 Å². The maximum Gasteiger partial charge on any atom is 0.199 e. The number of ether oxygens (including phenoxy) is 3. The molecule has 0 radical (unpaired) electrons. The first-order valence-corrected chi connectivity index (χ1v) is 10.4. The van der Waals surface area contributed by atoms with Crippen molar-refractivity contribution < 1.29 is 24.4 Å². The smallest absolute Gasteiger partial charge is 0.199 e. The molecule has 4 N–H and O–H groups in total. The third-order valence-electron chi connectivity index (χ3n) is 5.85. The van der Waals surface area contributed by atoms with E-state index >= 15 is 0 Å². The van der Waals surface area contributed by atoms with Crippen LogP contribution in [0.5, 0.6) is 11.5 Å². The van der Waals surface area contributed by atoms with E-state index in [-0.39, 0.29) is 12.3 Å². The Morgan fingerprint density at radius 2 is 1.97 bits per heavy atom. The van der Waals surface area contributed by atoms with E-state index in [2.05, 4.69) is 15.4 Å². The lowest BCUT2D eigenvalue weighted by Crippen LogP contribution is -2.62. The Kier molecular flexibility index (Phi) is 6.11. The zero-order chi connectivity index (χ0) is 23.8. The average Bonchev–Trinajstić information content (AvgIpc) is 3.20. The SMILES string of the molecule is COC(OC)C1(C)Oc2ccc(N)cc2[C@H](N(Cc2nnn(C)n2)c2ccccc2O)[C@H]1O. The highest BCUT2D eigenvalue weighted by Gasteiger charge is 2.54. The lowest BCUT2D eigenvalue weighted by atomic mass is 9.83. The molecule has 3 aromatic rings. The van der Waals surface area contributed by atoms with Gasteiger partial charge in [-0.3, -0.25) is 0 Å². The number of nitrogens with zero attached hydrogens (tertiary/aromatic N) is 5. The molecule has 0 amide bonds. The minimum absolute atomic E-state index is 0.0299. The lowest BCUT2D eigenvalue weighted by molar-refractivity contribution is -0.237. The number of tetrazole rings is 1. The van der Waals surface area contributed by atoms with Crippen molar-refractivity contribution >= 4 is 11.4 Å². The molecule has 0 bridgehead atoms. The fraction of sp³-hybridized carbons (Fsp3) is 0.409. The quantitative estimate of drug-likeness (QED) is 0.353. The highest BCUT2D eigenvalue weighted by molar-refractivity contribution is 5.62. The van der Waals surface area contributed by atoms with Crippen LogP contribution < -0.4 is 15.4 Å². The number of fused-ring (bicyclic) bond motifs is 1. The van der Waals surface area contributed by atoms with Gasteiger partial charge in [-0.15, -0.1) is 10.2 Å². The molecule has 0 saturated carbocycles. The Balaban J connectivity index is 1.91. The summed E-state index contributed by atoms with van der Waals surface area (Å²) >= 11 is 0. The van der Waals surface area contributed by atoms with Crippen LogP contribution in [-0.2, 0) is 23.1 Å².